The molecular weight excluding hydrogens is 390 g/mol. The summed E-state index contributed by atoms with van der Waals surface area (Å²) in [6.45, 7) is 5.29. The number of carbonyl (C=O) groups excluding carboxylic acids is 1. The number of benzene rings is 2. The Labute approximate surface area is 180 Å². The third-order valence-electron chi connectivity index (χ3n) is 7.48. The number of hydrazine groups is 1. The highest BCUT2D eigenvalue weighted by Gasteiger charge is 2.49. The number of amides is 1. The molecule has 0 spiro atoms. The molecule has 0 saturated carbocycles. The summed E-state index contributed by atoms with van der Waals surface area (Å²) in [5, 5.41) is 3.75. The van der Waals surface area contributed by atoms with E-state index in [0.29, 0.717) is 17.3 Å². The first-order chi connectivity index (χ1) is 15.0. The molecule has 0 radical (unpaired) electrons. The van der Waals surface area contributed by atoms with Gasteiger partial charge < -0.3 is 21.2 Å². The molecule has 1 fully saturated rings. The molecule has 1 amide bonds. The van der Waals surface area contributed by atoms with Crippen molar-refractivity contribution >= 4 is 22.8 Å². The number of hydrazone groups is 1. The second-order valence-corrected chi connectivity index (χ2v) is 8.85. The number of piperidine rings is 1. The molecule has 5 rings (SSSR count). The van der Waals surface area contributed by atoms with Gasteiger partial charge in [0.05, 0.1) is 17.4 Å². The molecule has 2 heterocycles. The Morgan fingerprint density at radius 1 is 1.29 bits per heavy atom. The summed E-state index contributed by atoms with van der Waals surface area (Å²) in [5.74, 6) is 11.9. The zero-order valence-corrected chi connectivity index (χ0v) is 17.7. The lowest BCUT2D eigenvalue weighted by Gasteiger charge is -2.54. The zero-order chi connectivity index (χ0) is 21.8. The predicted molar refractivity (Wildman–Crippen MR) is 120 cm³/mol. The van der Waals surface area contributed by atoms with Crippen LogP contribution in [-0.4, -0.2) is 39.2 Å². The summed E-state index contributed by atoms with van der Waals surface area (Å²) >= 11 is 0. The molecule has 3 unspecified atom stereocenters. The van der Waals surface area contributed by atoms with Gasteiger partial charge in [-0.05, 0) is 59.6 Å². The summed E-state index contributed by atoms with van der Waals surface area (Å²) < 4.78 is 0. The summed E-state index contributed by atoms with van der Waals surface area (Å²) in [6, 6.07) is 12.1. The summed E-state index contributed by atoms with van der Waals surface area (Å²) in [5.41, 5.74) is 8.43. The van der Waals surface area contributed by atoms with Crippen LogP contribution in [0.1, 0.15) is 47.3 Å². The number of aromatic nitrogens is 2. The summed E-state index contributed by atoms with van der Waals surface area (Å²) in [7, 11) is 0. The number of likely N-dealkylation sites (tertiary alicyclic amines) is 1. The van der Waals surface area contributed by atoms with Crippen molar-refractivity contribution in [2.75, 3.05) is 6.54 Å². The third kappa shape index (κ3) is 2.90. The molecule has 1 saturated heterocycles. The van der Waals surface area contributed by atoms with Gasteiger partial charge in [0, 0.05) is 23.7 Å². The standard InChI is InChI=1S/C23H27N7O/c1-13-20-11-14-3-4-15(21(28-24)29-25)9-17(14)23(13,2)7-8-30(20)22(31)16-5-6-18-19(10-16)27-12-26-18/h3-6,9-10,12-13,20H,7-8,11,24-25H2,1-2H3,(H,26,27)(H,28,29). The third-order valence-corrected chi connectivity index (χ3v) is 7.48. The number of rotatable bonds is 2. The highest BCUT2D eigenvalue weighted by molar-refractivity contribution is 5.99. The molecule has 160 valence electrons. The summed E-state index contributed by atoms with van der Waals surface area (Å²) in [4.78, 5) is 22.9. The number of nitrogens with zero attached hydrogens (tertiary/aromatic N) is 3. The first kappa shape index (κ1) is 19.6. The maximum atomic E-state index is 13.5. The molecule has 1 aliphatic carbocycles. The fraction of sp³-hybridized carbons (Fsp3) is 0.348. The van der Waals surface area contributed by atoms with Crippen molar-refractivity contribution in [3.63, 3.8) is 0 Å². The van der Waals surface area contributed by atoms with Crippen molar-refractivity contribution in [1.82, 2.24) is 20.3 Å². The molecule has 2 aliphatic rings. The minimum atomic E-state index is -0.0350. The van der Waals surface area contributed by atoms with E-state index in [9.17, 15) is 4.79 Å². The highest BCUT2D eigenvalue weighted by atomic mass is 16.2. The average Bonchev–Trinajstić information content (AvgIpc) is 3.25. The molecule has 31 heavy (non-hydrogen) atoms. The number of imidazole rings is 1. The van der Waals surface area contributed by atoms with E-state index < -0.39 is 0 Å². The second-order valence-electron chi connectivity index (χ2n) is 8.85. The van der Waals surface area contributed by atoms with Crippen molar-refractivity contribution in [3.8, 4) is 0 Å². The van der Waals surface area contributed by atoms with Gasteiger partial charge in [0.1, 0.15) is 0 Å². The molecular formula is C23H27N7O. The lowest BCUT2D eigenvalue weighted by Crippen LogP contribution is -2.59. The van der Waals surface area contributed by atoms with Crippen molar-refractivity contribution in [2.45, 2.75) is 38.1 Å². The van der Waals surface area contributed by atoms with E-state index in [1.54, 1.807) is 6.33 Å². The van der Waals surface area contributed by atoms with E-state index in [-0.39, 0.29) is 17.4 Å². The van der Waals surface area contributed by atoms with Crippen LogP contribution in [0.25, 0.3) is 11.0 Å². The van der Waals surface area contributed by atoms with Crippen molar-refractivity contribution in [3.05, 3.63) is 65.0 Å². The van der Waals surface area contributed by atoms with Crippen LogP contribution in [0.15, 0.2) is 47.8 Å². The van der Waals surface area contributed by atoms with Crippen LogP contribution in [0.4, 0.5) is 0 Å². The van der Waals surface area contributed by atoms with Gasteiger partial charge in [-0.2, -0.15) is 5.10 Å². The molecule has 8 heteroatoms. The Balaban J connectivity index is 1.50. The van der Waals surface area contributed by atoms with Crippen LogP contribution < -0.4 is 17.1 Å². The van der Waals surface area contributed by atoms with Crippen molar-refractivity contribution in [2.24, 2.45) is 22.7 Å². The van der Waals surface area contributed by atoms with Crippen molar-refractivity contribution < 1.29 is 4.79 Å². The van der Waals surface area contributed by atoms with Crippen LogP contribution in [0.2, 0.25) is 0 Å². The predicted octanol–water partition coefficient (Wildman–Crippen LogP) is 2.01. The first-order valence-electron chi connectivity index (χ1n) is 10.6. The molecule has 3 atom stereocenters. The smallest absolute Gasteiger partial charge is 0.254 e. The van der Waals surface area contributed by atoms with Crippen molar-refractivity contribution in [1.29, 1.82) is 0 Å². The normalized spacial score (nSPS) is 25.4. The largest absolute Gasteiger partial charge is 0.345 e. The van der Waals surface area contributed by atoms with Crippen LogP contribution in [0.5, 0.6) is 0 Å². The Bertz CT molecular complexity index is 1200. The Morgan fingerprint density at radius 3 is 2.87 bits per heavy atom. The van der Waals surface area contributed by atoms with Crippen LogP contribution in [0, 0.1) is 5.92 Å². The first-order valence-corrected chi connectivity index (χ1v) is 10.6. The van der Waals surface area contributed by atoms with Gasteiger partial charge in [-0.3, -0.25) is 4.79 Å². The van der Waals surface area contributed by atoms with Gasteiger partial charge in [0.2, 0.25) is 0 Å². The lowest BCUT2D eigenvalue weighted by molar-refractivity contribution is 0.0250. The van der Waals surface area contributed by atoms with Crippen LogP contribution >= 0.6 is 0 Å². The van der Waals surface area contributed by atoms with Gasteiger partial charge in [-0.25, -0.2) is 10.8 Å². The lowest BCUT2D eigenvalue weighted by atomic mass is 9.58. The minimum absolute atomic E-state index is 0.0350. The van der Waals surface area contributed by atoms with Crippen LogP contribution in [0.3, 0.4) is 0 Å². The molecule has 3 aromatic rings. The molecule has 6 N–H and O–H groups in total. The Kier molecular flexibility index (Phi) is 4.48. The van der Waals surface area contributed by atoms with Gasteiger partial charge in [0.15, 0.2) is 5.84 Å². The maximum Gasteiger partial charge on any atom is 0.254 e. The molecule has 2 aromatic carbocycles. The minimum Gasteiger partial charge on any atom is -0.345 e. The quantitative estimate of drug-likeness (QED) is 0.220. The number of amidine groups is 1. The van der Waals surface area contributed by atoms with Gasteiger partial charge >= 0.3 is 0 Å². The number of nitrogens with two attached hydrogens (primary N) is 2. The highest BCUT2D eigenvalue weighted by Crippen LogP contribution is 2.49. The SMILES string of the molecule is CC1C2Cc3ccc(/C(=N/N)NN)cc3C1(C)CCN2C(=O)c1ccc2nc[nH]c2c1. The monoisotopic (exact) mass is 417 g/mol. The average molecular weight is 418 g/mol. The number of hydrogen-bond donors (Lipinski definition) is 4. The Morgan fingerprint density at radius 2 is 2.10 bits per heavy atom. The fourth-order valence-electron chi connectivity index (χ4n) is 5.45. The number of aromatic amines is 1. The fourth-order valence-corrected chi connectivity index (χ4v) is 5.45. The van der Waals surface area contributed by atoms with E-state index in [1.165, 1.54) is 11.1 Å². The van der Waals surface area contributed by atoms with E-state index in [0.717, 1.165) is 36.0 Å². The second kappa shape index (κ2) is 7.09. The van der Waals surface area contributed by atoms with E-state index >= 15 is 0 Å². The van der Waals surface area contributed by atoms with E-state index in [2.05, 4.69) is 51.4 Å². The van der Waals surface area contributed by atoms with E-state index in [4.69, 9.17) is 11.7 Å². The maximum absolute atomic E-state index is 13.5. The molecule has 8 nitrogen and oxygen atoms in total. The van der Waals surface area contributed by atoms with E-state index in [1.807, 2.05) is 24.3 Å². The number of fused-ring (bicyclic) bond motifs is 5. The van der Waals surface area contributed by atoms with Crippen LogP contribution in [-0.2, 0) is 11.8 Å². The number of carbonyl (C=O) groups is 1. The number of H-pyrrole nitrogens is 1. The number of nitrogens with one attached hydrogen (secondary N) is 2. The topological polar surface area (TPSA) is 125 Å². The van der Waals surface area contributed by atoms with Gasteiger partial charge in [-0.1, -0.05) is 26.0 Å². The molecule has 2 bridgehead atoms. The number of hydrogen-bond acceptors (Lipinski definition) is 5. The van der Waals surface area contributed by atoms with Gasteiger partial charge in [-0.15, -0.1) is 0 Å². The Hall–Kier alpha value is -3.39. The molecule has 1 aliphatic heterocycles. The molecule has 1 aromatic heterocycles. The van der Waals surface area contributed by atoms with Gasteiger partial charge in [0.25, 0.3) is 5.91 Å². The zero-order valence-electron chi connectivity index (χ0n) is 17.7. The summed E-state index contributed by atoms with van der Waals surface area (Å²) in [6.07, 6.45) is 3.38.